The first-order chi connectivity index (χ1) is 11.2. The van der Waals surface area contributed by atoms with Crippen molar-refractivity contribution in [2.45, 2.75) is 32.1 Å². The van der Waals surface area contributed by atoms with Gasteiger partial charge in [0, 0.05) is 13.0 Å². The molecule has 5 nitrogen and oxygen atoms in total. The first-order valence-electron chi connectivity index (χ1n) is 7.95. The van der Waals surface area contributed by atoms with Crippen LogP contribution in [0, 0.1) is 0 Å². The minimum Gasteiger partial charge on any atom is -0.494 e. The van der Waals surface area contributed by atoms with Gasteiger partial charge in [0.2, 0.25) is 5.91 Å². The second-order valence-electron chi connectivity index (χ2n) is 5.16. The van der Waals surface area contributed by atoms with Crippen molar-refractivity contribution in [1.82, 2.24) is 4.90 Å². The average Bonchev–Trinajstić information content (AvgIpc) is 2.90. The molecule has 1 atom stereocenters. The first kappa shape index (κ1) is 17.7. The van der Waals surface area contributed by atoms with E-state index < -0.39 is 0 Å². The summed E-state index contributed by atoms with van der Waals surface area (Å²) >= 11 is 1.62. The predicted molar refractivity (Wildman–Crippen MR) is 90.4 cm³/mol. The topological polar surface area (TPSA) is 55.8 Å². The molecule has 0 spiro atoms. The van der Waals surface area contributed by atoms with Gasteiger partial charge in [0.15, 0.2) is 0 Å². The van der Waals surface area contributed by atoms with Crippen molar-refractivity contribution >= 4 is 23.6 Å². The van der Waals surface area contributed by atoms with Crippen molar-refractivity contribution in [2.24, 2.45) is 0 Å². The van der Waals surface area contributed by atoms with E-state index >= 15 is 0 Å². The highest BCUT2D eigenvalue weighted by Crippen LogP contribution is 2.39. The van der Waals surface area contributed by atoms with Crippen LogP contribution < -0.4 is 4.74 Å². The number of thioether (sulfide) groups is 1. The molecule has 1 aromatic carbocycles. The molecule has 1 heterocycles. The lowest BCUT2D eigenvalue weighted by molar-refractivity contribution is -0.143. The third-order valence-corrected chi connectivity index (χ3v) is 4.79. The monoisotopic (exact) mass is 337 g/mol. The van der Waals surface area contributed by atoms with E-state index in [9.17, 15) is 9.59 Å². The summed E-state index contributed by atoms with van der Waals surface area (Å²) in [7, 11) is 0. The number of esters is 1. The second-order valence-corrected chi connectivity index (χ2v) is 6.23. The molecule has 6 heteroatoms. The van der Waals surface area contributed by atoms with Crippen LogP contribution in [0.25, 0.3) is 0 Å². The Hall–Kier alpha value is -1.69. The Morgan fingerprint density at radius 2 is 2.00 bits per heavy atom. The quantitative estimate of drug-likeness (QED) is 0.683. The molecule has 1 aliphatic rings. The van der Waals surface area contributed by atoms with Crippen molar-refractivity contribution in [3.63, 3.8) is 0 Å². The van der Waals surface area contributed by atoms with Crippen molar-refractivity contribution in [3.05, 3.63) is 29.8 Å². The van der Waals surface area contributed by atoms with Gasteiger partial charge in [-0.25, -0.2) is 0 Å². The van der Waals surface area contributed by atoms with Gasteiger partial charge in [-0.2, -0.15) is 0 Å². The van der Waals surface area contributed by atoms with Crippen LogP contribution in [0.1, 0.15) is 37.6 Å². The van der Waals surface area contributed by atoms with E-state index in [4.69, 9.17) is 9.47 Å². The highest BCUT2D eigenvalue weighted by atomic mass is 32.2. The Labute approximate surface area is 141 Å². The number of carbonyl (C=O) groups excluding carboxylic acids is 2. The summed E-state index contributed by atoms with van der Waals surface area (Å²) in [6.07, 6.45) is 0.969. The molecule has 0 N–H and O–H groups in total. The summed E-state index contributed by atoms with van der Waals surface area (Å²) in [5.74, 6) is 1.23. The Kier molecular flexibility index (Phi) is 6.77. The summed E-state index contributed by atoms with van der Waals surface area (Å²) in [6, 6.07) is 7.86. The van der Waals surface area contributed by atoms with Gasteiger partial charge in [-0.05, 0) is 38.0 Å². The van der Waals surface area contributed by atoms with Crippen LogP contribution in [0.3, 0.4) is 0 Å². The van der Waals surface area contributed by atoms with Gasteiger partial charge in [0.1, 0.15) is 11.1 Å². The Balaban J connectivity index is 1.94. The Bertz CT molecular complexity index is 532. The number of nitrogens with zero attached hydrogens (tertiary/aromatic N) is 1. The third kappa shape index (κ3) is 4.89. The van der Waals surface area contributed by atoms with Crippen molar-refractivity contribution in [3.8, 4) is 5.75 Å². The van der Waals surface area contributed by atoms with E-state index in [-0.39, 0.29) is 17.3 Å². The number of hydrogen-bond acceptors (Lipinski definition) is 5. The summed E-state index contributed by atoms with van der Waals surface area (Å²) in [5, 5.41) is 0.0142. The lowest BCUT2D eigenvalue weighted by Crippen LogP contribution is -2.29. The van der Waals surface area contributed by atoms with Crippen LogP contribution in [0.2, 0.25) is 0 Å². The molecular weight excluding hydrogens is 314 g/mol. The van der Waals surface area contributed by atoms with E-state index in [2.05, 4.69) is 0 Å². The number of hydrogen-bond donors (Lipinski definition) is 0. The lowest BCUT2D eigenvalue weighted by Gasteiger charge is -2.24. The molecule has 1 amide bonds. The van der Waals surface area contributed by atoms with Gasteiger partial charge in [-0.3, -0.25) is 9.59 Å². The molecule has 0 saturated carbocycles. The maximum atomic E-state index is 12.1. The Morgan fingerprint density at radius 1 is 1.26 bits per heavy atom. The minimum atomic E-state index is -0.204. The normalized spacial score (nSPS) is 17.4. The molecule has 23 heavy (non-hydrogen) atoms. The van der Waals surface area contributed by atoms with Crippen LogP contribution in [0.4, 0.5) is 0 Å². The zero-order valence-electron chi connectivity index (χ0n) is 13.6. The van der Waals surface area contributed by atoms with Crippen molar-refractivity contribution in [1.29, 1.82) is 0 Å². The van der Waals surface area contributed by atoms with Crippen molar-refractivity contribution in [2.75, 3.05) is 25.5 Å². The van der Waals surface area contributed by atoms with Crippen LogP contribution in [0.5, 0.6) is 5.75 Å². The van der Waals surface area contributed by atoms with Gasteiger partial charge in [0.25, 0.3) is 0 Å². The fourth-order valence-corrected chi connectivity index (χ4v) is 3.71. The summed E-state index contributed by atoms with van der Waals surface area (Å²) in [6.45, 7) is 5.34. The molecule has 1 saturated heterocycles. The molecule has 126 valence electrons. The molecular formula is C17H23NO4S. The van der Waals surface area contributed by atoms with Crippen LogP contribution in [0.15, 0.2) is 24.3 Å². The lowest BCUT2D eigenvalue weighted by atomic mass is 10.2. The SMILES string of the molecule is CCOC(=O)CCCN1C(=O)CSC1c1ccc(OCC)cc1. The molecule has 0 bridgehead atoms. The van der Waals surface area contributed by atoms with Gasteiger partial charge in [0.05, 0.1) is 19.0 Å². The maximum absolute atomic E-state index is 12.1. The molecule has 0 aliphatic carbocycles. The van der Waals surface area contributed by atoms with E-state index in [0.29, 0.717) is 38.4 Å². The number of amides is 1. The largest absolute Gasteiger partial charge is 0.494 e. The van der Waals surface area contributed by atoms with E-state index in [1.165, 1.54) is 0 Å². The van der Waals surface area contributed by atoms with Crippen LogP contribution in [-0.4, -0.2) is 42.3 Å². The fraction of sp³-hybridized carbons (Fsp3) is 0.529. The zero-order chi connectivity index (χ0) is 16.7. The maximum Gasteiger partial charge on any atom is 0.305 e. The Morgan fingerprint density at radius 3 is 2.65 bits per heavy atom. The third-order valence-electron chi connectivity index (χ3n) is 3.53. The number of ether oxygens (including phenoxy) is 2. The predicted octanol–water partition coefficient (Wildman–Crippen LogP) is 3.00. The molecule has 2 rings (SSSR count). The average molecular weight is 337 g/mol. The summed E-state index contributed by atoms with van der Waals surface area (Å²) < 4.78 is 10.4. The minimum absolute atomic E-state index is 0.0142. The molecule has 0 aromatic heterocycles. The number of benzene rings is 1. The number of rotatable bonds is 8. The van der Waals surface area contributed by atoms with Crippen LogP contribution >= 0.6 is 11.8 Å². The summed E-state index contributed by atoms with van der Waals surface area (Å²) in [4.78, 5) is 25.3. The molecule has 1 fully saturated rings. The highest BCUT2D eigenvalue weighted by Gasteiger charge is 2.32. The van der Waals surface area contributed by atoms with Gasteiger partial charge in [-0.1, -0.05) is 12.1 Å². The first-order valence-corrected chi connectivity index (χ1v) is 9.00. The second kappa shape index (κ2) is 8.82. The summed E-state index contributed by atoms with van der Waals surface area (Å²) in [5.41, 5.74) is 1.08. The smallest absolute Gasteiger partial charge is 0.305 e. The fourth-order valence-electron chi connectivity index (χ4n) is 2.49. The number of carbonyl (C=O) groups is 2. The molecule has 1 unspecified atom stereocenters. The van der Waals surface area contributed by atoms with E-state index in [1.54, 1.807) is 18.7 Å². The van der Waals surface area contributed by atoms with Crippen LogP contribution in [-0.2, 0) is 14.3 Å². The molecule has 0 radical (unpaired) electrons. The highest BCUT2D eigenvalue weighted by molar-refractivity contribution is 8.00. The van der Waals surface area contributed by atoms with E-state index in [1.807, 2.05) is 36.1 Å². The van der Waals surface area contributed by atoms with Crippen molar-refractivity contribution < 1.29 is 19.1 Å². The van der Waals surface area contributed by atoms with Gasteiger partial charge < -0.3 is 14.4 Å². The molecule has 1 aromatic rings. The molecule has 1 aliphatic heterocycles. The zero-order valence-corrected chi connectivity index (χ0v) is 14.4. The van der Waals surface area contributed by atoms with Gasteiger partial charge >= 0.3 is 5.97 Å². The standard InChI is InChI=1S/C17H23NO4S/c1-3-21-14-9-7-13(8-10-14)17-18(15(19)12-23-17)11-5-6-16(20)22-4-2/h7-10,17H,3-6,11-12H2,1-2H3. The van der Waals surface area contributed by atoms with E-state index in [0.717, 1.165) is 11.3 Å². The van der Waals surface area contributed by atoms with Gasteiger partial charge in [-0.15, -0.1) is 11.8 Å².